The van der Waals surface area contributed by atoms with Gasteiger partial charge >= 0.3 is 12.2 Å². The van der Waals surface area contributed by atoms with E-state index in [-0.39, 0.29) is 69.3 Å². The van der Waals surface area contributed by atoms with Crippen molar-refractivity contribution < 1.29 is 51.3 Å². The number of benzene rings is 4. The molecule has 2 aromatic heterocycles. The predicted octanol–water partition coefficient (Wildman–Crippen LogP) is 11.0. The highest BCUT2D eigenvalue weighted by Gasteiger charge is 2.58. The molecule has 450 valence electrons. The Hall–Kier alpha value is -8.37. The zero-order valence-electron chi connectivity index (χ0n) is 49.2. The summed E-state index contributed by atoms with van der Waals surface area (Å²) in [5, 5.41) is 25.2. The summed E-state index contributed by atoms with van der Waals surface area (Å²) in [6.07, 6.45) is 2.83. The summed E-state index contributed by atoms with van der Waals surface area (Å²) in [6, 6.07) is 16.5. The molecule has 4 N–H and O–H groups in total. The van der Waals surface area contributed by atoms with E-state index in [2.05, 4.69) is 20.6 Å². The van der Waals surface area contributed by atoms with E-state index in [1.807, 2.05) is 20.8 Å². The summed E-state index contributed by atoms with van der Waals surface area (Å²) < 4.78 is 74.5. The first-order valence-electron chi connectivity index (χ1n) is 26.9. The van der Waals surface area contributed by atoms with Crippen LogP contribution in [0.1, 0.15) is 87.4 Å². The third kappa shape index (κ3) is 12.6. The molecule has 4 amide bonds. The Bertz CT molecular complexity index is 3610. The van der Waals surface area contributed by atoms with Gasteiger partial charge in [0.15, 0.2) is 17.7 Å². The molecule has 0 saturated carbocycles. The van der Waals surface area contributed by atoms with Gasteiger partial charge in [0.1, 0.15) is 58.9 Å². The number of carbonyl (C=O) groups excluding carboxylic acids is 4. The van der Waals surface area contributed by atoms with Crippen LogP contribution in [0.3, 0.4) is 0 Å². The normalized spacial score (nSPS) is 17.8. The number of guanidine groups is 2. The Balaban J connectivity index is 1.18. The van der Waals surface area contributed by atoms with Crippen LogP contribution in [-0.4, -0.2) is 126 Å². The van der Waals surface area contributed by atoms with Crippen molar-refractivity contribution >= 4 is 59.1 Å². The number of methoxy groups -OCH3 is 2. The van der Waals surface area contributed by atoms with E-state index in [0.717, 1.165) is 21.9 Å². The van der Waals surface area contributed by atoms with Crippen LogP contribution in [0.2, 0.25) is 10.0 Å². The van der Waals surface area contributed by atoms with Gasteiger partial charge in [0.05, 0.1) is 36.3 Å². The maximum atomic E-state index is 17.7. The van der Waals surface area contributed by atoms with Gasteiger partial charge in [-0.05, 0) is 101 Å². The fraction of sp³-hybridized carbons (Fsp3) is 0.377. The number of rotatable bonds is 19. The van der Waals surface area contributed by atoms with Crippen molar-refractivity contribution in [1.29, 1.82) is 10.8 Å². The summed E-state index contributed by atoms with van der Waals surface area (Å²) in [5.74, 6) is -3.98. The fourth-order valence-electron chi connectivity index (χ4n) is 11.1. The van der Waals surface area contributed by atoms with Gasteiger partial charge in [-0.2, -0.15) is 0 Å². The first-order chi connectivity index (χ1) is 40.0. The van der Waals surface area contributed by atoms with Gasteiger partial charge in [-0.15, -0.1) is 0 Å². The van der Waals surface area contributed by atoms with E-state index in [1.54, 1.807) is 56.1 Å². The molecule has 0 spiro atoms. The molecule has 0 aliphatic carbocycles. The summed E-state index contributed by atoms with van der Waals surface area (Å²) in [7, 11) is 10.4. The van der Waals surface area contributed by atoms with E-state index in [1.165, 1.54) is 107 Å². The highest BCUT2D eigenvalue weighted by Crippen LogP contribution is 2.48. The van der Waals surface area contributed by atoms with Gasteiger partial charge in [-0.3, -0.25) is 35.2 Å². The number of ether oxygens (including phenoxy) is 4. The van der Waals surface area contributed by atoms with Crippen LogP contribution in [0.4, 0.5) is 22.8 Å². The predicted molar refractivity (Wildman–Crippen MR) is 315 cm³/mol. The SMILES string of the molecule is COc1ccc([C@@]2(CC(C)(C)C)NC(=N)N([C@H](COC(=O)N(C)C)c3ccc(Cl)c(-c4nccc(CC(C)(C)C[C@]5(c6ccc(OC)cc6F)NC(=N)N([C@H](COC(=O)N(C)C)c6ccc(Cl)c(-c7nccn7C)c6)C5=O)c4F)c3)C2=O)c(F)c1. The Morgan fingerprint density at radius 2 is 1.14 bits per heavy atom. The van der Waals surface area contributed by atoms with Crippen molar-refractivity contribution in [2.75, 3.05) is 55.6 Å². The molecule has 19 nitrogen and oxygen atoms in total. The number of nitrogens with one attached hydrogen (secondary N) is 4. The van der Waals surface area contributed by atoms with Crippen molar-refractivity contribution in [3.8, 4) is 34.1 Å². The highest BCUT2D eigenvalue weighted by atomic mass is 35.5. The second-order valence-electron chi connectivity index (χ2n) is 23.5. The Morgan fingerprint density at radius 1 is 0.671 bits per heavy atom. The first-order valence-corrected chi connectivity index (χ1v) is 27.7. The molecule has 0 bridgehead atoms. The van der Waals surface area contributed by atoms with Crippen molar-refractivity contribution in [3.05, 3.63) is 153 Å². The molecule has 8 rings (SSSR count). The summed E-state index contributed by atoms with van der Waals surface area (Å²) in [5.41, 5.74) is -4.80. The van der Waals surface area contributed by atoms with Crippen LogP contribution in [0.15, 0.2) is 97.5 Å². The molecule has 85 heavy (non-hydrogen) atoms. The molecule has 24 heteroatoms. The second kappa shape index (κ2) is 24.3. The van der Waals surface area contributed by atoms with Crippen molar-refractivity contribution in [1.82, 2.24) is 44.8 Å². The van der Waals surface area contributed by atoms with Crippen molar-refractivity contribution in [3.63, 3.8) is 0 Å². The molecule has 4 atom stereocenters. The van der Waals surface area contributed by atoms with E-state index >= 15 is 22.8 Å². The van der Waals surface area contributed by atoms with Gasteiger partial charge in [0.25, 0.3) is 11.8 Å². The molecule has 2 aliphatic heterocycles. The molecule has 4 aromatic carbocycles. The smallest absolute Gasteiger partial charge is 0.409 e. The average molecular weight is 1210 g/mol. The van der Waals surface area contributed by atoms with Gasteiger partial charge < -0.3 is 43.9 Å². The van der Waals surface area contributed by atoms with Crippen LogP contribution >= 0.6 is 23.2 Å². The maximum Gasteiger partial charge on any atom is 0.409 e. The monoisotopic (exact) mass is 1210 g/mol. The Kier molecular flexibility index (Phi) is 17.9. The summed E-state index contributed by atoms with van der Waals surface area (Å²) in [4.78, 5) is 70.6. The summed E-state index contributed by atoms with van der Waals surface area (Å²) in [6.45, 7) is 8.15. The minimum absolute atomic E-state index is 0.0164. The molecule has 0 radical (unpaired) electrons. The molecule has 2 fully saturated rings. The molecule has 2 saturated heterocycles. The molecule has 4 heterocycles. The zero-order chi connectivity index (χ0) is 62.2. The zero-order valence-corrected chi connectivity index (χ0v) is 50.7. The second-order valence-corrected chi connectivity index (χ2v) is 24.3. The van der Waals surface area contributed by atoms with Crippen LogP contribution in [0.25, 0.3) is 22.6 Å². The Morgan fingerprint density at radius 3 is 1.58 bits per heavy atom. The summed E-state index contributed by atoms with van der Waals surface area (Å²) >= 11 is 13.7. The quantitative estimate of drug-likeness (QED) is 0.0595. The Labute approximate surface area is 501 Å². The van der Waals surface area contributed by atoms with Crippen LogP contribution in [0, 0.1) is 39.1 Å². The van der Waals surface area contributed by atoms with Gasteiger partial charge in [-0.25, -0.2) is 27.7 Å². The van der Waals surface area contributed by atoms with E-state index in [0.29, 0.717) is 22.0 Å². The molecule has 2 aliphatic rings. The highest BCUT2D eigenvalue weighted by molar-refractivity contribution is 6.33. The minimum atomic E-state index is -2.05. The number of hydrogen-bond acceptors (Lipinski definition) is 12. The molecule has 6 aromatic rings. The lowest BCUT2D eigenvalue weighted by Gasteiger charge is -2.37. The lowest BCUT2D eigenvalue weighted by atomic mass is 9.71. The number of imidazole rings is 1. The van der Waals surface area contributed by atoms with Crippen LogP contribution in [0.5, 0.6) is 11.5 Å². The standard InChI is InChI=1S/C61H68Cl2F3N11O8/c1-58(2,3)32-60(41-17-15-37(82-11)27-45(41)64)52(78)76(54(67)71-60)47(30-84-56(80)73(6)7)34-13-19-43(62)39(25-34)50-49(66)36(21-22-69-50)29-59(4,5)33-61(42-18-16-38(83-12)28-46(42)65)53(79)77(55(68)72-61)48(31-85-57(81)74(8)9)35-14-20-44(63)40(26-35)51-70-23-24-75(51)10/h13-28,47-48H,29-33H2,1-12H3,(H2,67,71)(H2,68,72)/t47-,48-,60-,61-/m1/s1. The van der Waals surface area contributed by atoms with Crippen LogP contribution < -0.4 is 20.1 Å². The largest absolute Gasteiger partial charge is 0.497 e. The number of pyridine rings is 1. The lowest BCUT2D eigenvalue weighted by Crippen LogP contribution is -2.48. The van der Waals surface area contributed by atoms with Gasteiger partial charge in [0, 0.05) is 88.2 Å². The number of carbonyl (C=O) groups is 4. The minimum Gasteiger partial charge on any atom is -0.497 e. The van der Waals surface area contributed by atoms with E-state index in [9.17, 15) is 20.4 Å². The topological polar surface area (TPSA) is 221 Å². The van der Waals surface area contributed by atoms with Crippen molar-refractivity contribution in [2.24, 2.45) is 17.9 Å². The number of aromatic nitrogens is 3. The molecular weight excluding hydrogens is 1140 g/mol. The average Bonchev–Trinajstić information content (AvgIpc) is 2.55. The van der Waals surface area contributed by atoms with Gasteiger partial charge in [-0.1, -0.05) is 70.0 Å². The maximum absolute atomic E-state index is 17.7. The fourth-order valence-corrected chi connectivity index (χ4v) is 11.6. The lowest BCUT2D eigenvalue weighted by molar-refractivity contribution is -0.135. The number of hydrogen-bond donors (Lipinski definition) is 4. The van der Waals surface area contributed by atoms with E-state index < -0.39 is 101 Å². The number of nitrogens with zero attached hydrogens (tertiary/aromatic N) is 7. The number of amides is 4. The number of halogens is 5. The third-order valence-corrected chi connectivity index (χ3v) is 15.6. The number of aryl methyl sites for hydroxylation is 1. The molecule has 0 unspecified atom stereocenters. The van der Waals surface area contributed by atoms with E-state index in [4.69, 9.17) is 42.1 Å². The molecular formula is C61H68Cl2F3N11O8. The van der Waals surface area contributed by atoms with Crippen molar-refractivity contribution in [2.45, 2.75) is 77.0 Å². The first kappa shape index (κ1) is 62.7. The third-order valence-electron chi connectivity index (χ3n) is 14.9. The van der Waals surface area contributed by atoms with Crippen LogP contribution in [-0.2, 0) is 43.6 Å². The van der Waals surface area contributed by atoms with Gasteiger partial charge in [0.2, 0.25) is 0 Å².